The van der Waals surface area contributed by atoms with Gasteiger partial charge in [0.2, 0.25) is 5.91 Å². The third-order valence-corrected chi connectivity index (χ3v) is 4.15. The second-order valence-electron chi connectivity index (χ2n) is 6.94. The molecule has 0 spiro atoms. The lowest BCUT2D eigenvalue weighted by Gasteiger charge is -2.35. The molecule has 1 amide bonds. The second kappa shape index (κ2) is 10.6. The lowest BCUT2D eigenvalue weighted by molar-refractivity contribution is -0.127. The van der Waals surface area contributed by atoms with Crippen LogP contribution in [0.4, 0.5) is 0 Å². The molecular weight excluding hydrogens is 335 g/mol. The van der Waals surface area contributed by atoms with Crippen molar-refractivity contribution < 1.29 is 28.7 Å². The van der Waals surface area contributed by atoms with Crippen LogP contribution in [0.15, 0.2) is 12.7 Å². The molecule has 24 heavy (non-hydrogen) atoms. The Morgan fingerprint density at radius 1 is 1.33 bits per heavy atom. The summed E-state index contributed by atoms with van der Waals surface area (Å²) >= 11 is 0. The molecule has 0 fully saturated rings. The van der Waals surface area contributed by atoms with E-state index in [2.05, 4.69) is 21.7 Å². The molecule has 0 aromatic heterocycles. The van der Waals surface area contributed by atoms with E-state index < -0.39 is 19.1 Å². The maximum atomic E-state index is 12.5. The van der Waals surface area contributed by atoms with Gasteiger partial charge in [-0.05, 0) is 32.6 Å². The number of carbonyl (C=O) groups excluding carboxylic acids is 1. The molecule has 2 unspecified atom stereocenters. The van der Waals surface area contributed by atoms with Crippen LogP contribution < -0.4 is 10.6 Å². The van der Waals surface area contributed by atoms with E-state index in [0.717, 1.165) is 0 Å². The summed E-state index contributed by atoms with van der Waals surface area (Å²) in [6.45, 7) is 12.9. The Kier molecular flexibility index (Phi) is 11.1. The first kappa shape index (κ1) is 25.0. The van der Waals surface area contributed by atoms with Gasteiger partial charge in [-0.3, -0.25) is 19.5 Å². The van der Waals surface area contributed by atoms with Crippen LogP contribution in [0.25, 0.3) is 0 Å². The van der Waals surface area contributed by atoms with Crippen LogP contribution in [0.2, 0.25) is 0 Å². The number of carboxylic acid groups (broad SMARTS) is 1. The van der Waals surface area contributed by atoms with E-state index in [4.69, 9.17) is 9.90 Å². The summed E-state index contributed by atoms with van der Waals surface area (Å²) in [5, 5.41) is 12.6. The average Bonchev–Trinajstić information content (AvgIpc) is 2.37. The first-order chi connectivity index (χ1) is 10.8. The van der Waals surface area contributed by atoms with Crippen LogP contribution in [0, 0.1) is 5.41 Å². The zero-order chi connectivity index (χ0) is 19.6. The SMILES string of the molecule is C=CCC(C)(C)C(NCP(=O)(O)OC)C(=O)NC(C)(C)C.O=CO. The number of nitrogens with one attached hydrogen (secondary N) is 2. The zero-order valence-electron chi connectivity index (χ0n) is 15.3. The standard InChI is InChI=1S/C14H29N2O4P.CH2O2/c1-8-9-14(5,6)11(12(17)16-13(2,3)4)15-10-21(18,19)20-7;2-1-3/h8,11,15H,1,9-10H2,2-7H3,(H,16,17)(H,18,19);1H,(H,2,3). The summed E-state index contributed by atoms with van der Waals surface area (Å²) in [6, 6.07) is -0.634. The topological polar surface area (TPSA) is 125 Å². The molecule has 0 aliphatic carbocycles. The van der Waals surface area contributed by atoms with Crippen molar-refractivity contribution >= 4 is 20.0 Å². The summed E-state index contributed by atoms with van der Waals surface area (Å²) in [7, 11) is -2.56. The number of allylic oxidation sites excluding steroid dienone is 1. The van der Waals surface area contributed by atoms with Crippen molar-refractivity contribution in [3.8, 4) is 0 Å². The van der Waals surface area contributed by atoms with Gasteiger partial charge in [-0.25, -0.2) is 0 Å². The number of amides is 1. The van der Waals surface area contributed by atoms with Gasteiger partial charge in [0.05, 0.1) is 12.3 Å². The first-order valence-corrected chi connectivity index (χ1v) is 9.14. The molecule has 8 nitrogen and oxygen atoms in total. The fourth-order valence-corrected chi connectivity index (χ4v) is 2.47. The zero-order valence-corrected chi connectivity index (χ0v) is 16.2. The van der Waals surface area contributed by atoms with Crippen molar-refractivity contribution in [1.82, 2.24) is 10.6 Å². The van der Waals surface area contributed by atoms with E-state index in [1.165, 1.54) is 7.11 Å². The molecule has 0 aromatic carbocycles. The molecule has 0 aromatic rings. The number of carbonyl (C=O) groups is 2. The molecule has 2 atom stereocenters. The Balaban J connectivity index is 0. The van der Waals surface area contributed by atoms with Crippen LogP contribution >= 0.6 is 7.60 Å². The highest BCUT2D eigenvalue weighted by Gasteiger charge is 2.36. The van der Waals surface area contributed by atoms with Crippen LogP contribution in [0.5, 0.6) is 0 Å². The van der Waals surface area contributed by atoms with E-state index in [-0.39, 0.29) is 24.2 Å². The van der Waals surface area contributed by atoms with Crippen LogP contribution in [-0.4, -0.2) is 47.4 Å². The molecule has 0 rings (SSSR count). The maximum absolute atomic E-state index is 12.5. The van der Waals surface area contributed by atoms with Gasteiger partial charge in [-0.1, -0.05) is 19.9 Å². The molecule has 142 valence electrons. The Bertz CT molecular complexity index is 459. The lowest BCUT2D eigenvalue weighted by atomic mass is 9.80. The van der Waals surface area contributed by atoms with Gasteiger partial charge in [0.25, 0.3) is 6.47 Å². The van der Waals surface area contributed by atoms with Crippen molar-refractivity contribution in [3.63, 3.8) is 0 Å². The van der Waals surface area contributed by atoms with Gasteiger partial charge < -0.3 is 19.8 Å². The minimum absolute atomic E-state index is 0.217. The summed E-state index contributed by atoms with van der Waals surface area (Å²) in [5.74, 6) is -0.217. The molecule has 0 saturated heterocycles. The summed E-state index contributed by atoms with van der Waals surface area (Å²) in [4.78, 5) is 30.3. The summed E-state index contributed by atoms with van der Waals surface area (Å²) in [6.07, 6.45) is 2.03. The van der Waals surface area contributed by atoms with E-state index in [1.54, 1.807) is 6.08 Å². The average molecular weight is 366 g/mol. The molecule has 0 aliphatic rings. The third-order valence-electron chi connectivity index (χ3n) is 2.99. The van der Waals surface area contributed by atoms with Crippen LogP contribution in [0.3, 0.4) is 0 Å². The largest absolute Gasteiger partial charge is 0.483 e. The van der Waals surface area contributed by atoms with Gasteiger partial charge in [0, 0.05) is 12.6 Å². The molecule has 0 heterocycles. The van der Waals surface area contributed by atoms with Gasteiger partial charge >= 0.3 is 7.60 Å². The number of hydrogen-bond donors (Lipinski definition) is 4. The molecule has 0 radical (unpaired) electrons. The Labute approximate surface area is 144 Å². The predicted molar refractivity (Wildman–Crippen MR) is 93.8 cm³/mol. The summed E-state index contributed by atoms with van der Waals surface area (Å²) < 4.78 is 16.1. The maximum Gasteiger partial charge on any atom is 0.341 e. The highest BCUT2D eigenvalue weighted by Crippen LogP contribution is 2.39. The molecule has 4 N–H and O–H groups in total. The van der Waals surface area contributed by atoms with E-state index in [9.17, 15) is 14.3 Å². The van der Waals surface area contributed by atoms with E-state index in [1.807, 2.05) is 34.6 Å². The Hall–Kier alpha value is -1.21. The van der Waals surface area contributed by atoms with Crippen LogP contribution in [0.1, 0.15) is 41.0 Å². The molecule has 0 bridgehead atoms. The van der Waals surface area contributed by atoms with Gasteiger partial charge in [0.15, 0.2) is 0 Å². The second-order valence-corrected chi connectivity index (χ2v) is 8.90. The van der Waals surface area contributed by atoms with Crippen molar-refractivity contribution in [2.75, 3.05) is 13.4 Å². The highest BCUT2D eigenvalue weighted by atomic mass is 31.2. The number of hydrogen-bond acceptors (Lipinski definition) is 5. The quantitative estimate of drug-likeness (QED) is 0.294. The Morgan fingerprint density at radius 3 is 2.12 bits per heavy atom. The highest BCUT2D eigenvalue weighted by molar-refractivity contribution is 7.52. The molecule has 9 heteroatoms. The molecule has 0 aliphatic heterocycles. The van der Waals surface area contributed by atoms with Crippen molar-refractivity contribution in [2.24, 2.45) is 5.41 Å². The summed E-state index contributed by atoms with van der Waals surface area (Å²) in [5.41, 5.74) is -0.837. The van der Waals surface area contributed by atoms with Crippen molar-refractivity contribution in [1.29, 1.82) is 0 Å². The van der Waals surface area contributed by atoms with Crippen LogP contribution in [-0.2, 0) is 18.7 Å². The molecule has 0 saturated carbocycles. The lowest BCUT2D eigenvalue weighted by Crippen LogP contribution is -2.56. The first-order valence-electron chi connectivity index (χ1n) is 7.38. The van der Waals surface area contributed by atoms with E-state index in [0.29, 0.717) is 6.42 Å². The van der Waals surface area contributed by atoms with Gasteiger partial charge in [-0.2, -0.15) is 0 Å². The fourth-order valence-electron chi connectivity index (χ4n) is 1.93. The monoisotopic (exact) mass is 366 g/mol. The van der Waals surface area contributed by atoms with E-state index >= 15 is 0 Å². The third kappa shape index (κ3) is 11.3. The predicted octanol–water partition coefficient (Wildman–Crippen LogP) is 1.95. The Morgan fingerprint density at radius 2 is 1.79 bits per heavy atom. The van der Waals surface area contributed by atoms with Crippen molar-refractivity contribution in [3.05, 3.63) is 12.7 Å². The van der Waals surface area contributed by atoms with Gasteiger partial charge in [-0.15, -0.1) is 6.58 Å². The number of rotatable bonds is 8. The van der Waals surface area contributed by atoms with Gasteiger partial charge in [0.1, 0.15) is 0 Å². The minimum atomic E-state index is -3.72. The smallest absolute Gasteiger partial charge is 0.341 e. The minimum Gasteiger partial charge on any atom is -0.483 e. The normalized spacial score (nSPS) is 15.3. The fraction of sp³-hybridized carbons (Fsp3) is 0.733. The molecular formula is C15H31N2O6P. The van der Waals surface area contributed by atoms with Crippen molar-refractivity contribution in [2.45, 2.75) is 52.6 Å².